The molecule has 1 atom stereocenters. The zero-order chi connectivity index (χ0) is 13.2. The molecule has 1 aromatic rings. The minimum atomic E-state index is -2.39. The highest BCUT2D eigenvalue weighted by molar-refractivity contribution is 5.44. The van der Waals surface area contributed by atoms with Gasteiger partial charge in [-0.05, 0) is 44.5 Å². The molecule has 0 amide bonds. The van der Waals surface area contributed by atoms with Crippen molar-refractivity contribution in [2.45, 2.75) is 31.7 Å². The maximum absolute atomic E-state index is 12.9. The number of hydrogen-bond acceptors (Lipinski definition) is 3. The van der Waals surface area contributed by atoms with Crippen LogP contribution in [0.4, 0.5) is 8.78 Å². The van der Waals surface area contributed by atoms with Crippen molar-refractivity contribution in [1.82, 2.24) is 5.32 Å². The number of nitrogens with one attached hydrogen (secondary N) is 1. The van der Waals surface area contributed by atoms with Crippen molar-refractivity contribution in [3.63, 3.8) is 0 Å². The van der Waals surface area contributed by atoms with Crippen LogP contribution < -0.4 is 14.8 Å². The zero-order valence-electron chi connectivity index (χ0n) is 10.5. The Morgan fingerprint density at radius 2 is 2.06 bits per heavy atom. The van der Waals surface area contributed by atoms with E-state index in [0.29, 0.717) is 24.3 Å². The fraction of sp³-hybridized carbons (Fsp3) is 0.538. The van der Waals surface area contributed by atoms with E-state index in [2.05, 4.69) is 5.32 Å². The molecular weight excluding hydrogens is 240 g/mol. The number of aryl methyl sites for hydroxylation is 1. The quantitative estimate of drug-likeness (QED) is 0.879. The van der Waals surface area contributed by atoms with E-state index in [-0.39, 0.29) is 6.79 Å². The van der Waals surface area contributed by atoms with Crippen LogP contribution in [0, 0.1) is 0 Å². The number of fused-ring (bicyclic) bond motifs is 1. The Hall–Kier alpha value is -1.36. The third-order valence-electron chi connectivity index (χ3n) is 3.42. The fourth-order valence-corrected chi connectivity index (χ4v) is 1.84. The molecule has 100 valence electrons. The van der Waals surface area contributed by atoms with Gasteiger partial charge in [0.05, 0.1) is 5.54 Å². The third-order valence-corrected chi connectivity index (χ3v) is 3.42. The number of hydrogen-bond donors (Lipinski definition) is 1. The van der Waals surface area contributed by atoms with Crippen molar-refractivity contribution in [3.8, 4) is 11.5 Å². The van der Waals surface area contributed by atoms with E-state index >= 15 is 0 Å². The second-order valence-electron chi connectivity index (χ2n) is 4.66. The Morgan fingerprint density at radius 3 is 2.72 bits per heavy atom. The van der Waals surface area contributed by atoms with Crippen LogP contribution in [0.5, 0.6) is 11.5 Å². The highest BCUT2D eigenvalue weighted by atomic mass is 19.3. The van der Waals surface area contributed by atoms with E-state index < -0.39 is 12.0 Å². The molecule has 1 aliphatic rings. The van der Waals surface area contributed by atoms with Gasteiger partial charge in [0.15, 0.2) is 11.5 Å². The molecule has 0 saturated carbocycles. The maximum atomic E-state index is 12.9. The van der Waals surface area contributed by atoms with Crippen LogP contribution in [0.15, 0.2) is 18.2 Å². The molecule has 0 radical (unpaired) electrons. The molecule has 1 aliphatic heterocycles. The fourth-order valence-electron chi connectivity index (χ4n) is 1.84. The molecule has 0 aliphatic carbocycles. The molecule has 18 heavy (non-hydrogen) atoms. The molecule has 0 spiro atoms. The molecular formula is C13H17F2NO2. The summed E-state index contributed by atoms with van der Waals surface area (Å²) in [5.74, 6) is 1.40. The summed E-state index contributed by atoms with van der Waals surface area (Å²) in [5.41, 5.74) is -0.183. The van der Waals surface area contributed by atoms with Gasteiger partial charge in [-0.25, -0.2) is 8.78 Å². The Morgan fingerprint density at radius 1 is 1.33 bits per heavy atom. The van der Waals surface area contributed by atoms with E-state index in [0.717, 1.165) is 5.56 Å². The van der Waals surface area contributed by atoms with Gasteiger partial charge >= 0.3 is 0 Å². The van der Waals surface area contributed by atoms with Crippen molar-refractivity contribution in [1.29, 1.82) is 0 Å². The summed E-state index contributed by atoms with van der Waals surface area (Å²) in [6, 6.07) is 5.55. The Bertz CT molecular complexity index is 425. The van der Waals surface area contributed by atoms with Gasteiger partial charge in [0, 0.05) is 0 Å². The third kappa shape index (κ3) is 2.56. The van der Waals surface area contributed by atoms with E-state index in [4.69, 9.17) is 9.47 Å². The standard InChI is InChI=1S/C13H17F2NO2/c1-13(16-2,12(14)15)6-5-9-3-4-10-11(7-9)18-8-17-10/h3-4,7,12,16H,5-6,8H2,1-2H3. The van der Waals surface area contributed by atoms with Gasteiger partial charge in [-0.2, -0.15) is 0 Å². The number of benzene rings is 1. The highest BCUT2D eigenvalue weighted by Gasteiger charge is 2.32. The Kier molecular flexibility index (Phi) is 3.71. The molecule has 0 bridgehead atoms. The van der Waals surface area contributed by atoms with Crippen molar-refractivity contribution in [3.05, 3.63) is 23.8 Å². The van der Waals surface area contributed by atoms with Gasteiger partial charge in [0.1, 0.15) is 0 Å². The predicted molar refractivity (Wildman–Crippen MR) is 64.4 cm³/mol. The average Bonchev–Trinajstić information content (AvgIpc) is 2.82. The van der Waals surface area contributed by atoms with Gasteiger partial charge in [0.25, 0.3) is 6.43 Å². The van der Waals surface area contributed by atoms with Crippen molar-refractivity contribution < 1.29 is 18.3 Å². The van der Waals surface area contributed by atoms with Crippen LogP contribution in [0.1, 0.15) is 18.9 Å². The Balaban J connectivity index is 2.02. The van der Waals surface area contributed by atoms with E-state index in [1.807, 2.05) is 18.2 Å². The Labute approximate surface area is 105 Å². The van der Waals surface area contributed by atoms with Gasteiger partial charge < -0.3 is 14.8 Å². The van der Waals surface area contributed by atoms with Crippen molar-refractivity contribution in [2.24, 2.45) is 0 Å². The molecule has 0 aromatic heterocycles. The van der Waals surface area contributed by atoms with E-state index in [9.17, 15) is 8.78 Å². The summed E-state index contributed by atoms with van der Waals surface area (Å²) >= 11 is 0. The molecule has 1 N–H and O–H groups in total. The van der Waals surface area contributed by atoms with E-state index in [1.165, 1.54) is 6.92 Å². The smallest absolute Gasteiger partial charge is 0.256 e. The summed E-state index contributed by atoms with van der Waals surface area (Å²) in [6.45, 7) is 1.76. The first-order valence-corrected chi connectivity index (χ1v) is 5.91. The summed E-state index contributed by atoms with van der Waals surface area (Å²) < 4.78 is 36.3. The van der Waals surface area contributed by atoms with Gasteiger partial charge in [-0.1, -0.05) is 6.07 Å². The molecule has 0 fully saturated rings. The lowest BCUT2D eigenvalue weighted by Gasteiger charge is -2.28. The lowest BCUT2D eigenvalue weighted by atomic mass is 9.93. The molecule has 0 saturated heterocycles. The van der Waals surface area contributed by atoms with Gasteiger partial charge in [-0.15, -0.1) is 0 Å². The lowest BCUT2D eigenvalue weighted by molar-refractivity contribution is 0.0401. The molecule has 1 unspecified atom stereocenters. The van der Waals surface area contributed by atoms with Crippen LogP contribution in [0.25, 0.3) is 0 Å². The monoisotopic (exact) mass is 257 g/mol. The number of rotatable bonds is 5. The maximum Gasteiger partial charge on any atom is 0.256 e. The van der Waals surface area contributed by atoms with Gasteiger partial charge in [0.2, 0.25) is 6.79 Å². The van der Waals surface area contributed by atoms with Crippen LogP contribution in [0.3, 0.4) is 0 Å². The number of alkyl halides is 2. The molecule has 5 heteroatoms. The normalized spacial score (nSPS) is 16.9. The van der Waals surface area contributed by atoms with Crippen LogP contribution in [0.2, 0.25) is 0 Å². The first-order valence-electron chi connectivity index (χ1n) is 5.91. The van der Waals surface area contributed by atoms with Crippen LogP contribution >= 0.6 is 0 Å². The number of ether oxygens (including phenoxy) is 2. The topological polar surface area (TPSA) is 30.5 Å². The van der Waals surface area contributed by atoms with Crippen LogP contribution in [-0.2, 0) is 6.42 Å². The second-order valence-corrected chi connectivity index (χ2v) is 4.66. The van der Waals surface area contributed by atoms with E-state index in [1.54, 1.807) is 7.05 Å². The summed E-state index contributed by atoms with van der Waals surface area (Å²) in [7, 11) is 1.56. The number of halogens is 2. The zero-order valence-corrected chi connectivity index (χ0v) is 10.5. The van der Waals surface area contributed by atoms with Crippen molar-refractivity contribution in [2.75, 3.05) is 13.8 Å². The lowest BCUT2D eigenvalue weighted by Crippen LogP contribution is -2.46. The summed E-state index contributed by atoms with van der Waals surface area (Å²) in [4.78, 5) is 0. The molecule has 1 aromatic carbocycles. The minimum absolute atomic E-state index is 0.226. The SMILES string of the molecule is CNC(C)(CCc1ccc2c(c1)OCO2)C(F)F. The summed E-state index contributed by atoms with van der Waals surface area (Å²) in [5, 5.41) is 2.69. The first-order chi connectivity index (χ1) is 8.55. The molecule has 3 nitrogen and oxygen atoms in total. The minimum Gasteiger partial charge on any atom is -0.454 e. The second kappa shape index (κ2) is 5.10. The average molecular weight is 257 g/mol. The highest BCUT2D eigenvalue weighted by Crippen LogP contribution is 2.33. The van der Waals surface area contributed by atoms with Crippen molar-refractivity contribution >= 4 is 0 Å². The summed E-state index contributed by atoms with van der Waals surface area (Å²) in [6.07, 6.45) is -1.46. The van der Waals surface area contributed by atoms with Gasteiger partial charge in [-0.3, -0.25) is 0 Å². The predicted octanol–water partition coefficient (Wildman–Crippen LogP) is 2.59. The largest absolute Gasteiger partial charge is 0.454 e. The molecule has 1 heterocycles. The molecule has 2 rings (SSSR count). The first kappa shape index (κ1) is 13.1. The van der Waals surface area contributed by atoms with Crippen LogP contribution in [-0.4, -0.2) is 25.8 Å².